The van der Waals surface area contributed by atoms with Crippen LogP contribution in [0.4, 0.5) is 10.7 Å². The van der Waals surface area contributed by atoms with Crippen molar-refractivity contribution in [3.05, 3.63) is 10.4 Å². The van der Waals surface area contributed by atoms with Gasteiger partial charge in [0.1, 0.15) is 9.88 Å². The Kier molecular flexibility index (Phi) is 4.15. The van der Waals surface area contributed by atoms with E-state index in [1.807, 2.05) is 4.90 Å². The molecule has 1 aromatic rings. The molecule has 0 bridgehead atoms. The van der Waals surface area contributed by atoms with E-state index >= 15 is 0 Å². The van der Waals surface area contributed by atoms with E-state index in [0.29, 0.717) is 24.5 Å². The van der Waals surface area contributed by atoms with E-state index < -0.39 is 18.0 Å². The monoisotopic (exact) mass is 299 g/mol. The number of nitrogens with two attached hydrogens (primary N) is 2. The lowest BCUT2D eigenvalue weighted by molar-refractivity contribution is 0.0607. The second kappa shape index (κ2) is 5.68. The maximum Gasteiger partial charge on any atom is 0.350 e. The molecule has 2 rings (SSSR count). The smallest absolute Gasteiger partial charge is 0.350 e. The second-order valence-electron chi connectivity index (χ2n) is 4.62. The quantitative estimate of drug-likeness (QED) is 0.685. The number of rotatable bonds is 3. The lowest BCUT2D eigenvalue weighted by Gasteiger charge is -2.31. The van der Waals surface area contributed by atoms with Crippen LogP contribution in [0, 0.1) is 0 Å². The normalized spacial score (nSPS) is 18.9. The largest absolute Gasteiger partial charge is 0.465 e. The van der Waals surface area contributed by atoms with Crippen LogP contribution in [0.1, 0.15) is 32.9 Å². The Morgan fingerprint density at radius 1 is 1.50 bits per heavy atom. The van der Waals surface area contributed by atoms with Crippen LogP contribution in [-0.2, 0) is 4.74 Å². The number of nitrogens with zero attached hydrogens (tertiary/aromatic N) is 1. The number of nitrogen functional groups attached to an aromatic ring is 1. The third kappa shape index (κ3) is 2.56. The van der Waals surface area contributed by atoms with Crippen molar-refractivity contribution in [1.29, 1.82) is 0 Å². The Hall–Kier alpha value is -1.80. The molecule has 1 atom stereocenters. The van der Waals surface area contributed by atoms with Crippen molar-refractivity contribution in [3.8, 4) is 0 Å². The minimum absolute atomic E-state index is 0.0458. The van der Waals surface area contributed by atoms with Gasteiger partial charge in [-0.15, -0.1) is 11.3 Å². The molecule has 1 aliphatic heterocycles. The average molecular weight is 299 g/mol. The lowest BCUT2D eigenvalue weighted by Crippen LogP contribution is -2.38. The third-order valence-electron chi connectivity index (χ3n) is 3.23. The maximum absolute atomic E-state index is 11.7. The summed E-state index contributed by atoms with van der Waals surface area (Å²) in [4.78, 5) is 25.3. The Morgan fingerprint density at radius 3 is 2.75 bits per heavy atom. The van der Waals surface area contributed by atoms with E-state index in [1.54, 1.807) is 0 Å². The van der Waals surface area contributed by atoms with Crippen molar-refractivity contribution < 1.29 is 19.4 Å². The Bertz CT molecular complexity index is 543. The summed E-state index contributed by atoms with van der Waals surface area (Å²) in [6.45, 7) is 1.07. The summed E-state index contributed by atoms with van der Waals surface area (Å²) in [6.07, 6.45) is 1.05. The molecule has 7 nitrogen and oxygen atoms in total. The molecule has 1 aromatic heterocycles. The zero-order valence-electron chi connectivity index (χ0n) is 11.1. The summed E-state index contributed by atoms with van der Waals surface area (Å²) in [5.74, 6) is -1.29. The fourth-order valence-corrected chi connectivity index (χ4v) is 3.46. The van der Waals surface area contributed by atoms with Crippen LogP contribution in [0.15, 0.2) is 0 Å². The van der Waals surface area contributed by atoms with Gasteiger partial charge in [0.15, 0.2) is 0 Å². The molecule has 1 saturated heterocycles. The molecule has 1 fully saturated rings. The van der Waals surface area contributed by atoms with Gasteiger partial charge in [0.2, 0.25) is 0 Å². The molecule has 2 heterocycles. The summed E-state index contributed by atoms with van der Waals surface area (Å²) in [5, 5.41) is 10.2. The number of aliphatic hydroxyl groups excluding tert-OH is 1. The van der Waals surface area contributed by atoms with Gasteiger partial charge in [0.05, 0.1) is 24.5 Å². The first-order valence-corrected chi connectivity index (χ1v) is 7.00. The number of primary amides is 1. The number of β-amino-alcohol motifs (C(OH)–C–C–N with tert-alkyl or cyclic N) is 1. The van der Waals surface area contributed by atoms with Gasteiger partial charge in [-0.1, -0.05) is 0 Å². The van der Waals surface area contributed by atoms with Crippen molar-refractivity contribution in [2.24, 2.45) is 5.73 Å². The van der Waals surface area contributed by atoms with Crippen molar-refractivity contribution in [3.63, 3.8) is 0 Å². The fraction of sp³-hybridized carbons (Fsp3) is 0.500. The first-order chi connectivity index (χ1) is 9.45. The Labute approximate surface area is 120 Å². The number of anilines is 2. The van der Waals surface area contributed by atoms with Crippen molar-refractivity contribution in [1.82, 2.24) is 0 Å². The molecule has 0 spiro atoms. The average Bonchev–Trinajstić information content (AvgIpc) is 2.75. The third-order valence-corrected chi connectivity index (χ3v) is 4.47. The van der Waals surface area contributed by atoms with Crippen molar-refractivity contribution in [2.75, 3.05) is 30.8 Å². The lowest BCUT2D eigenvalue weighted by atomic mass is 10.1. The molecular weight excluding hydrogens is 282 g/mol. The first kappa shape index (κ1) is 14.6. The van der Waals surface area contributed by atoms with Gasteiger partial charge in [-0.25, -0.2) is 4.79 Å². The molecule has 1 unspecified atom stereocenters. The van der Waals surface area contributed by atoms with Gasteiger partial charge in [0.25, 0.3) is 5.91 Å². The van der Waals surface area contributed by atoms with Crippen LogP contribution in [0.3, 0.4) is 0 Å². The summed E-state index contributed by atoms with van der Waals surface area (Å²) < 4.78 is 4.65. The predicted octanol–water partition coefficient (Wildman–Crippen LogP) is 0.177. The molecule has 0 saturated carbocycles. The number of aliphatic hydroxyl groups is 1. The van der Waals surface area contributed by atoms with Crippen LogP contribution in [0.5, 0.6) is 0 Å². The standard InChI is InChI=1S/C12H17N3O4S/c1-19-12(18)9-8(13)7(10(14)17)11(20-9)15-4-2-3-6(16)5-15/h6,16H,2-5,13H2,1H3,(H2,14,17). The predicted molar refractivity (Wildman–Crippen MR) is 76.0 cm³/mol. The summed E-state index contributed by atoms with van der Waals surface area (Å²) in [5.41, 5.74) is 11.4. The fourth-order valence-electron chi connectivity index (χ4n) is 2.28. The van der Waals surface area contributed by atoms with E-state index in [4.69, 9.17) is 11.5 Å². The Balaban J connectivity index is 2.45. The second-order valence-corrected chi connectivity index (χ2v) is 5.62. The highest BCUT2D eigenvalue weighted by Crippen LogP contribution is 2.39. The molecule has 0 radical (unpaired) electrons. The molecule has 5 N–H and O–H groups in total. The van der Waals surface area contributed by atoms with E-state index in [2.05, 4.69) is 4.74 Å². The molecule has 20 heavy (non-hydrogen) atoms. The van der Waals surface area contributed by atoms with Crippen molar-refractivity contribution >= 4 is 33.9 Å². The number of carbonyl (C=O) groups is 2. The molecule has 8 heteroatoms. The van der Waals surface area contributed by atoms with E-state index in [-0.39, 0.29) is 16.1 Å². The SMILES string of the molecule is COC(=O)c1sc(N2CCCC(O)C2)c(C(N)=O)c1N. The highest BCUT2D eigenvalue weighted by molar-refractivity contribution is 7.19. The number of ether oxygens (including phenoxy) is 1. The van der Waals surface area contributed by atoms with Crippen LogP contribution < -0.4 is 16.4 Å². The van der Waals surface area contributed by atoms with Gasteiger partial charge in [-0.05, 0) is 12.8 Å². The van der Waals surface area contributed by atoms with Crippen LogP contribution in [-0.4, -0.2) is 43.3 Å². The zero-order valence-corrected chi connectivity index (χ0v) is 11.9. The van der Waals surface area contributed by atoms with Crippen LogP contribution >= 0.6 is 11.3 Å². The van der Waals surface area contributed by atoms with Gasteiger partial charge in [-0.3, -0.25) is 4.79 Å². The minimum Gasteiger partial charge on any atom is -0.465 e. The molecule has 1 aliphatic rings. The first-order valence-electron chi connectivity index (χ1n) is 6.19. The maximum atomic E-state index is 11.7. The zero-order chi connectivity index (χ0) is 14.9. The number of methoxy groups -OCH3 is 1. The van der Waals surface area contributed by atoms with Gasteiger partial charge in [-0.2, -0.15) is 0 Å². The molecule has 0 aromatic carbocycles. The van der Waals surface area contributed by atoms with E-state index in [0.717, 1.165) is 17.8 Å². The van der Waals surface area contributed by atoms with Gasteiger partial charge < -0.3 is 26.2 Å². The minimum atomic E-state index is -0.691. The summed E-state index contributed by atoms with van der Waals surface area (Å²) in [7, 11) is 1.25. The number of carbonyl (C=O) groups excluding carboxylic acids is 2. The van der Waals surface area contributed by atoms with Gasteiger partial charge >= 0.3 is 5.97 Å². The van der Waals surface area contributed by atoms with Crippen LogP contribution in [0.25, 0.3) is 0 Å². The number of piperidine rings is 1. The Morgan fingerprint density at radius 2 is 2.20 bits per heavy atom. The molecule has 0 aliphatic carbocycles. The number of esters is 1. The van der Waals surface area contributed by atoms with Crippen molar-refractivity contribution in [2.45, 2.75) is 18.9 Å². The van der Waals surface area contributed by atoms with E-state index in [9.17, 15) is 14.7 Å². The highest BCUT2D eigenvalue weighted by atomic mass is 32.1. The number of hydrogen-bond donors (Lipinski definition) is 3. The molecule has 1 amide bonds. The van der Waals surface area contributed by atoms with E-state index in [1.165, 1.54) is 7.11 Å². The number of thiophene rings is 1. The topological polar surface area (TPSA) is 119 Å². The molecular formula is C12H17N3O4S. The van der Waals surface area contributed by atoms with Gasteiger partial charge in [0, 0.05) is 13.1 Å². The summed E-state index contributed by atoms with van der Waals surface area (Å²) in [6, 6.07) is 0. The number of amides is 1. The summed E-state index contributed by atoms with van der Waals surface area (Å²) >= 11 is 1.07. The number of hydrogen-bond acceptors (Lipinski definition) is 7. The van der Waals surface area contributed by atoms with Crippen LogP contribution in [0.2, 0.25) is 0 Å². The highest BCUT2D eigenvalue weighted by Gasteiger charge is 2.29. The molecule has 110 valence electrons.